The number of amides is 1. The Hall–Kier alpha value is -2.43. The third kappa shape index (κ3) is 1.93. The van der Waals surface area contributed by atoms with Gasteiger partial charge in [-0.1, -0.05) is 6.92 Å². The maximum atomic E-state index is 12.2. The number of hydrogen-bond acceptors (Lipinski definition) is 4. The molecule has 0 unspecified atom stereocenters. The average Bonchev–Trinajstić information content (AvgIpc) is 2.56. The smallest absolute Gasteiger partial charge is 0.259 e. The van der Waals surface area contributed by atoms with Crippen molar-refractivity contribution in [2.75, 3.05) is 16.8 Å². The molecule has 1 amide bonds. The SMILES string of the molecule is CCCN1c2ncccc2NC(=O)c2cccnc21. The van der Waals surface area contributed by atoms with Crippen LogP contribution in [0, 0.1) is 0 Å². The van der Waals surface area contributed by atoms with E-state index in [9.17, 15) is 4.79 Å². The first-order valence-electron chi connectivity index (χ1n) is 6.30. The summed E-state index contributed by atoms with van der Waals surface area (Å²) in [4.78, 5) is 22.9. The highest BCUT2D eigenvalue weighted by atomic mass is 16.1. The van der Waals surface area contributed by atoms with Gasteiger partial charge in [0.05, 0.1) is 11.3 Å². The molecule has 2 aromatic rings. The summed E-state index contributed by atoms with van der Waals surface area (Å²) in [5.74, 6) is 1.27. The second-order valence-electron chi connectivity index (χ2n) is 4.35. The predicted octanol–water partition coefficient (Wildman–Crippen LogP) is 2.59. The van der Waals surface area contributed by atoms with Crippen LogP contribution in [0.2, 0.25) is 0 Å². The molecule has 3 heterocycles. The predicted molar refractivity (Wildman–Crippen MR) is 73.7 cm³/mol. The summed E-state index contributed by atoms with van der Waals surface area (Å²) >= 11 is 0. The second kappa shape index (κ2) is 4.68. The average molecular weight is 254 g/mol. The van der Waals surface area contributed by atoms with E-state index in [1.54, 1.807) is 24.5 Å². The van der Waals surface area contributed by atoms with Crippen molar-refractivity contribution in [2.24, 2.45) is 0 Å². The number of pyridine rings is 2. The number of carbonyl (C=O) groups is 1. The van der Waals surface area contributed by atoms with Crippen LogP contribution in [-0.4, -0.2) is 22.4 Å². The molecule has 0 radical (unpaired) electrons. The van der Waals surface area contributed by atoms with Crippen LogP contribution >= 0.6 is 0 Å². The number of carbonyl (C=O) groups excluding carboxylic acids is 1. The quantitative estimate of drug-likeness (QED) is 0.895. The van der Waals surface area contributed by atoms with Gasteiger partial charge >= 0.3 is 0 Å². The maximum Gasteiger partial charge on any atom is 0.259 e. The topological polar surface area (TPSA) is 58.1 Å². The molecule has 0 saturated heterocycles. The lowest BCUT2D eigenvalue weighted by atomic mass is 10.2. The van der Waals surface area contributed by atoms with Crippen molar-refractivity contribution < 1.29 is 4.79 Å². The van der Waals surface area contributed by atoms with E-state index in [0.717, 1.165) is 24.5 Å². The van der Waals surface area contributed by atoms with Crippen molar-refractivity contribution >= 4 is 23.2 Å². The number of anilines is 3. The molecule has 1 aliphatic heterocycles. The van der Waals surface area contributed by atoms with Crippen LogP contribution in [0.4, 0.5) is 17.3 Å². The van der Waals surface area contributed by atoms with E-state index in [-0.39, 0.29) is 5.91 Å². The van der Waals surface area contributed by atoms with Gasteiger partial charge < -0.3 is 10.2 Å². The first-order chi connectivity index (χ1) is 9.31. The van der Waals surface area contributed by atoms with Gasteiger partial charge in [-0.2, -0.15) is 0 Å². The molecular weight excluding hydrogens is 240 g/mol. The number of rotatable bonds is 2. The van der Waals surface area contributed by atoms with Crippen LogP contribution in [0.1, 0.15) is 23.7 Å². The Morgan fingerprint density at radius 2 is 1.89 bits per heavy atom. The summed E-state index contributed by atoms with van der Waals surface area (Å²) in [5, 5.41) is 2.88. The molecule has 0 spiro atoms. The van der Waals surface area contributed by atoms with Gasteiger partial charge in [0, 0.05) is 18.9 Å². The van der Waals surface area contributed by atoms with E-state index in [2.05, 4.69) is 22.2 Å². The number of fused-ring (bicyclic) bond motifs is 2. The Morgan fingerprint density at radius 1 is 1.16 bits per heavy atom. The van der Waals surface area contributed by atoms with Crippen molar-refractivity contribution in [3.8, 4) is 0 Å². The van der Waals surface area contributed by atoms with Crippen LogP contribution < -0.4 is 10.2 Å². The molecule has 0 fully saturated rings. The van der Waals surface area contributed by atoms with Crippen molar-refractivity contribution in [3.05, 3.63) is 42.2 Å². The molecule has 0 saturated carbocycles. The fourth-order valence-corrected chi connectivity index (χ4v) is 2.22. The van der Waals surface area contributed by atoms with Gasteiger partial charge in [0.1, 0.15) is 5.82 Å². The van der Waals surface area contributed by atoms with E-state index in [4.69, 9.17) is 0 Å². The zero-order chi connectivity index (χ0) is 13.2. The highest BCUT2D eigenvalue weighted by Crippen LogP contribution is 2.34. The fraction of sp³-hybridized carbons (Fsp3) is 0.214. The first-order valence-corrected chi connectivity index (χ1v) is 6.30. The van der Waals surface area contributed by atoms with Gasteiger partial charge in [0.25, 0.3) is 5.91 Å². The fourth-order valence-electron chi connectivity index (χ4n) is 2.22. The number of aromatic nitrogens is 2. The lowest BCUT2D eigenvalue weighted by Gasteiger charge is -2.22. The Bertz CT molecular complexity index is 626. The summed E-state index contributed by atoms with van der Waals surface area (Å²) in [6.45, 7) is 2.86. The van der Waals surface area contributed by atoms with E-state index in [0.29, 0.717) is 11.4 Å². The Labute approximate surface area is 111 Å². The van der Waals surface area contributed by atoms with Gasteiger partial charge in [-0.25, -0.2) is 9.97 Å². The lowest BCUT2D eigenvalue weighted by Crippen LogP contribution is -2.21. The summed E-state index contributed by atoms with van der Waals surface area (Å²) in [6, 6.07) is 7.22. The summed E-state index contributed by atoms with van der Waals surface area (Å²) in [6.07, 6.45) is 4.37. The Kier molecular flexibility index (Phi) is 2.87. The van der Waals surface area contributed by atoms with Crippen LogP contribution in [0.25, 0.3) is 0 Å². The molecule has 0 aliphatic carbocycles. The van der Waals surface area contributed by atoms with Gasteiger partial charge in [-0.3, -0.25) is 4.79 Å². The van der Waals surface area contributed by atoms with Crippen LogP contribution in [-0.2, 0) is 0 Å². The minimum Gasteiger partial charge on any atom is -0.319 e. The molecule has 96 valence electrons. The lowest BCUT2D eigenvalue weighted by molar-refractivity contribution is 0.102. The minimum absolute atomic E-state index is 0.143. The Morgan fingerprint density at radius 3 is 2.68 bits per heavy atom. The third-order valence-corrected chi connectivity index (χ3v) is 3.02. The van der Waals surface area contributed by atoms with Crippen molar-refractivity contribution in [1.29, 1.82) is 0 Å². The highest BCUT2D eigenvalue weighted by Gasteiger charge is 2.26. The zero-order valence-corrected chi connectivity index (χ0v) is 10.6. The molecule has 5 nitrogen and oxygen atoms in total. The van der Waals surface area contributed by atoms with Crippen LogP contribution in [0.5, 0.6) is 0 Å². The number of hydrogen-bond donors (Lipinski definition) is 1. The molecule has 0 aromatic carbocycles. The first kappa shape index (κ1) is 11.6. The van der Waals surface area contributed by atoms with Gasteiger partial charge in [0.15, 0.2) is 5.82 Å². The van der Waals surface area contributed by atoms with E-state index in [1.165, 1.54) is 0 Å². The largest absolute Gasteiger partial charge is 0.319 e. The van der Waals surface area contributed by atoms with E-state index >= 15 is 0 Å². The molecule has 0 bridgehead atoms. The molecule has 3 rings (SSSR count). The zero-order valence-electron chi connectivity index (χ0n) is 10.6. The molecule has 2 aromatic heterocycles. The summed E-state index contributed by atoms with van der Waals surface area (Å²) in [7, 11) is 0. The second-order valence-corrected chi connectivity index (χ2v) is 4.35. The molecule has 19 heavy (non-hydrogen) atoms. The molecule has 5 heteroatoms. The van der Waals surface area contributed by atoms with Gasteiger partial charge in [-0.15, -0.1) is 0 Å². The van der Waals surface area contributed by atoms with Crippen molar-refractivity contribution in [1.82, 2.24) is 9.97 Å². The van der Waals surface area contributed by atoms with Crippen molar-refractivity contribution in [3.63, 3.8) is 0 Å². The van der Waals surface area contributed by atoms with E-state index in [1.807, 2.05) is 17.0 Å². The van der Waals surface area contributed by atoms with Gasteiger partial charge in [0.2, 0.25) is 0 Å². The van der Waals surface area contributed by atoms with Crippen molar-refractivity contribution in [2.45, 2.75) is 13.3 Å². The molecule has 1 aliphatic rings. The van der Waals surface area contributed by atoms with Crippen LogP contribution in [0.15, 0.2) is 36.7 Å². The Balaban J connectivity index is 2.22. The maximum absolute atomic E-state index is 12.2. The number of nitrogens with zero attached hydrogens (tertiary/aromatic N) is 3. The third-order valence-electron chi connectivity index (χ3n) is 3.02. The number of nitrogens with one attached hydrogen (secondary N) is 1. The van der Waals surface area contributed by atoms with Gasteiger partial charge in [-0.05, 0) is 30.7 Å². The van der Waals surface area contributed by atoms with E-state index < -0.39 is 0 Å². The minimum atomic E-state index is -0.143. The highest BCUT2D eigenvalue weighted by molar-refractivity contribution is 6.11. The molecule has 0 atom stereocenters. The standard InChI is InChI=1S/C14H14N4O/c1-2-9-18-12-10(5-3-7-15-12)14(19)17-11-6-4-8-16-13(11)18/h3-8H,2,9H2,1H3,(H,17,19). The normalized spacial score (nSPS) is 13.3. The summed E-state index contributed by atoms with van der Waals surface area (Å²) < 4.78 is 0. The molecular formula is C14H14N4O. The molecule has 1 N–H and O–H groups in total. The van der Waals surface area contributed by atoms with Crippen LogP contribution in [0.3, 0.4) is 0 Å². The summed E-state index contributed by atoms with van der Waals surface area (Å²) in [5.41, 5.74) is 1.30. The monoisotopic (exact) mass is 254 g/mol.